The number of benzene rings is 17. The maximum absolute atomic E-state index is 3.32. The molecule has 3 aliphatic heterocycles. The first-order chi connectivity index (χ1) is 58.1. The zero-order chi connectivity index (χ0) is 80.8. The molecule has 0 aromatic heterocycles. The summed E-state index contributed by atoms with van der Waals surface area (Å²) in [6, 6.07) is 164. The lowest BCUT2D eigenvalue weighted by Gasteiger charge is -2.48. The highest BCUT2D eigenvalue weighted by Gasteiger charge is 2.51. The third-order valence-electron chi connectivity index (χ3n) is 25.8. The van der Waals surface area contributed by atoms with E-state index in [2.05, 4.69) is 495 Å². The molecule has 0 aliphatic carbocycles. The van der Waals surface area contributed by atoms with E-state index in [1.54, 1.807) is 0 Å². The van der Waals surface area contributed by atoms with Gasteiger partial charge >= 0.3 is 0 Å². The van der Waals surface area contributed by atoms with Crippen molar-refractivity contribution in [3.63, 3.8) is 0 Å². The molecule has 20 rings (SSSR count). The van der Waals surface area contributed by atoms with Gasteiger partial charge in [-0.15, -0.1) is 0 Å². The topological polar surface area (TPSA) is 9.72 Å². The lowest BCUT2D eigenvalue weighted by Crippen LogP contribution is -2.75. The molecule has 0 fully saturated rings. The lowest BCUT2D eigenvalue weighted by atomic mass is 9.33. The molecule has 0 amide bonds. The van der Waals surface area contributed by atoms with Crippen molar-refractivity contribution in [2.45, 2.75) is 71.6 Å². The van der Waals surface area contributed by atoms with Gasteiger partial charge < -0.3 is 14.7 Å². The Labute approximate surface area is 704 Å². The molecule has 3 heterocycles. The molecule has 0 saturated carbocycles. The van der Waals surface area contributed by atoms with Gasteiger partial charge in [-0.3, -0.25) is 0 Å². The van der Waals surface area contributed by atoms with Gasteiger partial charge in [0, 0.05) is 50.4 Å². The minimum atomic E-state index is -3.32. The molecule has 0 bridgehead atoms. The summed E-state index contributed by atoms with van der Waals surface area (Å²) < 4.78 is 0. The van der Waals surface area contributed by atoms with Crippen molar-refractivity contribution in [1.82, 2.24) is 0 Å². The molecule has 119 heavy (non-hydrogen) atoms. The fourth-order valence-electron chi connectivity index (χ4n) is 20.1. The van der Waals surface area contributed by atoms with Crippen LogP contribution in [0.3, 0.4) is 0 Å². The second-order valence-corrected chi connectivity index (χ2v) is 42.7. The van der Waals surface area contributed by atoms with Crippen molar-refractivity contribution in [3.8, 4) is 44.5 Å². The Kier molecular flexibility index (Phi) is 18.6. The highest BCUT2D eigenvalue weighted by molar-refractivity contribution is 7.20. The molecule has 0 spiro atoms. The van der Waals surface area contributed by atoms with Crippen LogP contribution in [0.5, 0.6) is 0 Å². The van der Waals surface area contributed by atoms with Crippen LogP contribution in [0.15, 0.2) is 425 Å². The Morgan fingerprint density at radius 3 is 0.756 bits per heavy atom. The zero-order valence-electron chi connectivity index (χ0n) is 68.8. The molecule has 0 atom stereocenters. The fourth-order valence-corrected chi connectivity index (χ4v) is 29.6. The van der Waals surface area contributed by atoms with Gasteiger partial charge in [-0.05, 0) is 174 Å². The maximum Gasteiger partial charge on any atom is 0.252 e. The van der Waals surface area contributed by atoms with E-state index in [-0.39, 0.29) is 23.0 Å². The average molecular weight is 1560 g/mol. The van der Waals surface area contributed by atoms with Gasteiger partial charge in [0.1, 0.15) is 0 Å². The monoisotopic (exact) mass is 1560 g/mol. The predicted molar refractivity (Wildman–Crippen MR) is 514 cm³/mol. The zero-order valence-corrected chi connectivity index (χ0v) is 70.8. The molecule has 0 N–H and O–H groups in total. The Morgan fingerprint density at radius 1 is 0.235 bits per heavy atom. The van der Waals surface area contributed by atoms with E-state index in [4.69, 9.17) is 0 Å². The third kappa shape index (κ3) is 12.4. The number of nitrogens with zero attached hydrogens (tertiary/aromatic N) is 3. The Morgan fingerprint density at radius 2 is 0.487 bits per heavy atom. The standard InChI is InChI=1S/C113H94BN3Si2/c1-111(2,3)83-71-94(79-43-19-9-20-44-79)109(95(72-83)80-45-21-10-22-46-80)116-104-77-92(118(86-51-27-13-28-52-86,87-53-29-14-30-54-87)88-55-31-15-32-56-88)67-69-100(104)114-101-70-68-93(119(89-57-33-16-34-58-89,90-59-35-17-36-60-90)91-61-37-18-38-62-91)78-105(101)117(110-96(81-47-23-11-24-48-81)73-84(112(4,5)6)74-97(110)82-49-25-12-26-50-82)107-76-85(75-106(116)108(107)114)115-102-65-41-39-63-98(102)113(7,8)99-64-40-42-66-103(99)115/h9-78H,1-8H3. The molecule has 17 aromatic carbocycles. The molecule has 0 saturated heterocycles. The number of hydrogen-bond acceptors (Lipinski definition) is 3. The van der Waals surface area contributed by atoms with Crippen LogP contribution in [0.1, 0.15) is 77.6 Å². The first-order valence-corrected chi connectivity index (χ1v) is 46.1. The van der Waals surface area contributed by atoms with E-state index < -0.39 is 16.1 Å². The average Bonchev–Trinajstić information content (AvgIpc) is 0.673. The van der Waals surface area contributed by atoms with Crippen LogP contribution < -0.4 is 72.6 Å². The molecule has 0 radical (unpaired) electrons. The van der Waals surface area contributed by atoms with E-state index in [0.717, 1.165) is 95.7 Å². The van der Waals surface area contributed by atoms with Crippen LogP contribution in [0.2, 0.25) is 0 Å². The SMILES string of the molecule is CC(C)(C)c1cc(-c2ccccc2)c(N2c3cc([Si](c4ccccc4)(c4ccccc4)c4ccccc4)ccc3B3c4ccc([Si](c5ccccc5)(c5ccccc5)c5ccccc5)cc4N(c4c(-c5ccccc5)cc(C(C)(C)C)cc4-c4ccccc4)c4cc(N5c6ccccc6C(C)(C)c6ccccc65)cc2c43)c(-c2ccccc2)c1. The summed E-state index contributed by atoms with van der Waals surface area (Å²) in [4.78, 5) is 8.23. The van der Waals surface area contributed by atoms with E-state index in [1.807, 2.05) is 0 Å². The summed E-state index contributed by atoms with van der Waals surface area (Å²) in [5.41, 5.74) is 27.0. The van der Waals surface area contributed by atoms with Gasteiger partial charge in [0.05, 0.1) is 28.4 Å². The predicted octanol–water partition coefficient (Wildman–Crippen LogP) is 21.9. The minimum Gasteiger partial charge on any atom is -0.310 e. The van der Waals surface area contributed by atoms with Crippen molar-refractivity contribution in [2.24, 2.45) is 0 Å². The summed E-state index contributed by atoms with van der Waals surface area (Å²) in [7, 11) is -6.63. The van der Waals surface area contributed by atoms with Crippen molar-refractivity contribution in [3.05, 3.63) is 447 Å². The van der Waals surface area contributed by atoms with Crippen molar-refractivity contribution in [2.75, 3.05) is 14.7 Å². The summed E-state index contributed by atoms with van der Waals surface area (Å²) >= 11 is 0. The van der Waals surface area contributed by atoms with Gasteiger partial charge in [-0.2, -0.15) is 0 Å². The van der Waals surface area contributed by atoms with Crippen LogP contribution in [-0.2, 0) is 16.2 Å². The van der Waals surface area contributed by atoms with Crippen LogP contribution in [0, 0.1) is 0 Å². The molecule has 3 aliphatic rings. The second-order valence-electron chi connectivity index (χ2n) is 35.0. The van der Waals surface area contributed by atoms with Crippen LogP contribution >= 0.6 is 0 Å². The third-order valence-corrected chi connectivity index (χ3v) is 35.3. The van der Waals surface area contributed by atoms with Gasteiger partial charge in [0.2, 0.25) is 0 Å². The summed E-state index contributed by atoms with van der Waals surface area (Å²) in [5.74, 6) is 0. The van der Waals surface area contributed by atoms with Crippen LogP contribution in [-0.4, -0.2) is 22.9 Å². The largest absolute Gasteiger partial charge is 0.310 e. The number of para-hydroxylation sites is 2. The van der Waals surface area contributed by atoms with Crippen molar-refractivity contribution < 1.29 is 0 Å². The number of anilines is 9. The lowest BCUT2D eigenvalue weighted by molar-refractivity contribution is 0.590. The Balaban J connectivity index is 1.03. The minimum absolute atomic E-state index is 0.252. The van der Waals surface area contributed by atoms with E-state index in [1.165, 1.54) is 80.1 Å². The quantitative estimate of drug-likeness (QED) is 0.0748. The summed E-state index contributed by atoms with van der Waals surface area (Å²) in [5, 5.41) is 10.5. The summed E-state index contributed by atoms with van der Waals surface area (Å²) in [6.07, 6.45) is 0. The maximum atomic E-state index is 2.80. The molecule has 572 valence electrons. The Hall–Kier alpha value is -13.4. The number of hydrogen-bond donors (Lipinski definition) is 0. The van der Waals surface area contributed by atoms with Gasteiger partial charge in [-0.1, -0.05) is 419 Å². The van der Waals surface area contributed by atoms with Gasteiger partial charge in [0.25, 0.3) is 6.71 Å². The molecule has 3 nitrogen and oxygen atoms in total. The first-order valence-electron chi connectivity index (χ1n) is 42.1. The van der Waals surface area contributed by atoms with E-state index >= 15 is 0 Å². The molecule has 0 unspecified atom stereocenters. The van der Waals surface area contributed by atoms with Crippen molar-refractivity contribution >= 4 is 132 Å². The normalized spacial score (nSPS) is 13.4. The van der Waals surface area contributed by atoms with Crippen LogP contribution in [0.25, 0.3) is 44.5 Å². The number of fused-ring (bicyclic) bond motifs is 6. The van der Waals surface area contributed by atoms with Crippen molar-refractivity contribution in [1.29, 1.82) is 0 Å². The highest BCUT2D eigenvalue weighted by atomic mass is 28.3. The molecular weight excluding hydrogens is 1470 g/mol. The second kappa shape index (κ2) is 29.7. The van der Waals surface area contributed by atoms with E-state index in [9.17, 15) is 0 Å². The van der Waals surface area contributed by atoms with Gasteiger partial charge in [0.15, 0.2) is 16.1 Å². The molecular formula is C113H94BN3Si2. The smallest absolute Gasteiger partial charge is 0.252 e. The van der Waals surface area contributed by atoms with Crippen LogP contribution in [0.4, 0.5) is 51.2 Å². The molecule has 17 aromatic rings. The Bertz CT molecular complexity index is 5920. The highest BCUT2D eigenvalue weighted by Crippen LogP contribution is 2.58. The van der Waals surface area contributed by atoms with Gasteiger partial charge in [-0.25, -0.2) is 0 Å². The first kappa shape index (κ1) is 74.5. The van der Waals surface area contributed by atoms with E-state index in [0.29, 0.717) is 0 Å². The number of rotatable bonds is 15. The molecule has 6 heteroatoms. The summed E-state index contributed by atoms with van der Waals surface area (Å²) in [6.45, 7) is 18.7. The fraction of sp³-hybridized carbons (Fsp3) is 0.0973.